The molecule has 4 aromatic carbocycles. The SMILES string of the molecule is Cc1c(N[C@@H](c2nnc(-c3ccc(OS(=O)(=O)Oc4ccc(-c5nnc([C@H](Nc6ccc(C#N)c(Cl)c6C)[C@H](C)O)o5)cc4)cc3)o2)[C@H](C)O)ccc(C#N)c1Cl. The summed E-state index contributed by atoms with van der Waals surface area (Å²) in [5.41, 5.74) is 3.82. The molecule has 0 aliphatic rings. The van der Waals surface area contributed by atoms with Crippen LogP contribution >= 0.6 is 23.2 Å². The van der Waals surface area contributed by atoms with Crippen LogP contribution in [0.5, 0.6) is 11.5 Å². The maximum absolute atomic E-state index is 12.8. The number of rotatable bonds is 14. The van der Waals surface area contributed by atoms with Gasteiger partial charge in [-0.3, -0.25) is 0 Å². The van der Waals surface area contributed by atoms with E-state index in [9.17, 15) is 29.2 Å². The number of aromatic nitrogens is 4. The summed E-state index contributed by atoms with van der Waals surface area (Å²) in [7, 11) is -4.59. The van der Waals surface area contributed by atoms with Gasteiger partial charge in [-0.1, -0.05) is 23.2 Å². The lowest BCUT2D eigenvalue weighted by Crippen LogP contribution is -2.23. The van der Waals surface area contributed by atoms with E-state index in [4.69, 9.17) is 40.4 Å². The third-order valence-corrected chi connectivity index (χ3v) is 10.4. The molecule has 0 unspecified atom stereocenters. The van der Waals surface area contributed by atoms with Crippen LogP contribution < -0.4 is 19.0 Å². The minimum absolute atomic E-state index is 0.0649. The van der Waals surface area contributed by atoms with Crippen molar-refractivity contribution >= 4 is 45.0 Å². The first-order valence-electron chi connectivity index (χ1n) is 17.0. The molecule has 2 aromatic heterocycles. The van der Waals surface area contributed by atoms with E-state index < -0.39 is 34.7 Å². The van der Waals surface area contributed by atoms with Gasteiger partial charge in [0.25, 0.3) is 0 Å². The van der Waals surface area contributed by atoms with E-state index in [1.807, 2.05) is 12.1 Å². The van der Waals surface area contributed by atoms with Crippen LogP contribution in [0.4, 0.5) is 11.4 Å². The fraction of sp³-hybridized carbons (Fsp3) is 0.211. The minimum Gasteiger partial charge on any atom is -0.418 e. The second-order valence-electron chi connectivity index (χ2n) is 12.7. The van der Waals surface area contributed by atoms with Crippen molar-refractivity contribution in [3.05, 3.63) is 117 Å². The predicted octanol–water partition coefficient (Wildman–Crippen LogP) is 7.22. The van der Waals surface area contributed by atoms with E-state index >= 15 is 0 Å². The first-order valence-corrected chi connectivity index (χ1v) is 19.1. The molecule has 4 N–H and O–H groups in total. The number of nitrogens with zero attached hydrogens (tertiary/aromatic N) is 6. The summed E-state index contributed by atoms with van der Waals surface area (Å²) < 4.78 is 47.5. The molecule has 2 heterocycles. The lowest BCUT2D eigenvalue weighted by atomic mass is 10.1. The van der Waals surface area contributed by atoms with Crippen LogP contribution in [0.1, 0.15) is 60.0 Å². The minimum atomic E-state index is -4.59. The number of nitriles is 2. The second kappa shape index (κ2) is 16.9. The Morgan fingerprint density at radius 3 is 1.35 bits per heavy atom. The standard InChI is InChI=1S/C38H32Cl2N8O8S/c1-19-29(15-9-25(17-41)31(19)39)43-33(21(3)49)37-47-45-35(53-37)23-5-11-27(12-6-23)55-57(51,52)56-28-13-7-24(8-14-28)36-46-48-38(54-36)34(22(4)50)44-30-16-10-26(18-42)32(40)20(30)2/h5-16,21-22,33-34,43-44,49-50H,1-4H3/t21-,22-,33+,34+/m0/s1. The Morgan fingerprint density at radius 1 is 0.649 bits per heavy atom. The third-order valence-electron chi connectivity index (χ3n) is 8.61. The largest absolute Gasteiger partial charge is 0.500 e. The van der Waals surface area contributed by atoms with Crippen LogP contribution in [0.3, 0.4) is 0 Å². The lowest BCUT2D eigenvalue weighted by molar-refractivity contribution is 0.159. The van der Waals surface area contributed by atoms with Gasteiger partial charge in [-0.05, 0) is 112 Å². The van der Waals surface area contributed by atoms with Gasteiger partial charge in [0, 0.05) is 22.5 Å². The Morgan fingerprint density at radius 2 is 1.02 bits per heavy atom. The molecule has 16 nitrogen and oxygen atoms in total. The molecule has 4 atom stereocenters. The summed E-state index contributed by atoms with van der Waals surface area (Å²) >= 11 is 12.6. The Labute approximate surface area is 336 Å². The van der Waals surface area contributed by atoms with Crippen molar-refractivity contribution in [3.63, 3.8) is 0 Å². The van der Waals surface area contributed by atoms with E-state index in [2.05, 4.69) is 31.0 Å². The number of benzene rings is 4. The van der Waals surface area contributed by atoms with Gasteiger partial charge in [0.15, 0.2) is 0 Å². The summed E-state index contributed by atoms with van der Waals surface area (Å²) in [5.74, 6) is 0.200. The normalized spacial score (nSPS) is 13.4. The molecule has 0 amide bonds. The van der Waals surface area contributed by atoms with E-state index in [-0.39, 0.29) is 45.1 Å². The van der Waals surface area contributed by atoms with E-state index in [0.29, 0.717) is 44.8 Å². The molecule has 0 spiro atoms. The molecule has 0 bridgehead atoms. The zero-order valence-corrected chi connectivity index (χ0v) is 32.8. The Kier molecular flexibility index (Phi) is 12.0. The maximum Gasteiger partial charge on any atom is 0.500 e. The van der Waals surface area contributed by atoms with Gasteiger partial charge in [0.1, 0.15) is 35.7 Å². The second-order valence-corrected chi connectivity index (χ2v) is 14.6. The molecule has 0 aliphatic carbocycles. The number of nitrogens with one attached hydrogen (secondary N) is 2. The summed E-state index contributed by atoms with van der Waals surface area (Å²) in [5, 5.41) is 62.6. The smallest absolute Gasteiger partial charge is 0.418 e. The van der Waals surface area contributed by atoms with Crippen molar-refractivity contribution in [2.75, 3.05) is 10.6 Å². The van der Waals surface area contributed by atoms with Crippen LogP contribution in [0.25, 0.3) is 22.9 Å². The van der Waals surface area contributed by atoms with Crippen molar-refractivity contribution in [2.24, 2.45) is 0 Å². The maximum atomic E-state index is 12.8. The van der Waals surface area contributed by atoms with E-state index in [0.717, 1.165) is 0 Å². The highest BCUT2D eigenvalue weighted by atomic mass is 35.5. The average molecular weight is 832 g/mol. The van der Waals surface area contributed by atoms with Gasteiger partial charge in [0.05, 0.1) is 33.4 Å². The number of halogens is 2. The quantitative estimate of drug-likeness (QED) is 0.0846. The summed E-state index contributed by atoms with van der Waals surface area (Å²) in [6.07, 6.45) is -1.95. The van der Waals surface area contributed by atoms with Crippen molar-refractivity contribution < 1.29 is 35.8 Å². The summed E-state index contributed by atoms with van der Waals surface area (Å²) in [6.45, 7) is 6.55. The predicted molar refractivity (Wildman–Crippen MR) is 208 cm³/mol. The fourth-order valence-corrected chi connectivity index (χ4v) is 6.62. The zero-order chi connectivity index (χ0) is 41.0. The first kappa shape index (κ1) is 40.5. The number of hydrogen-bond donors (Lipinski definition) is 4. The first-order chi connectivity index (χ1) is 27.2. The van der Waals surface area contributed by atoms with E-state index in [1.54, 1.807) is 52.0 Å². The highest BCUT2D eigenvalue weighted by molar-refractivity contribution is 7.82. The van der Waals surface area contributed by atoms with E-state index in [1.165, 1.54) is 48.5 Å². The molecule has 0 saturated heterocycles. The van der Waals surface area contributed by atoms with Crippen molar-refractivity contribution in [3.8, 4) is 46.5 Å². The topological polar surface area (TPSA) is 243 Å². The molecule has 292 valence electrons. The van der Waals surface area contributed by atoms with Crippen LogP contribution in [0.15, 0.2) is 81.6 Å². The molecule has 6 rings (SSSR count). The Hall–Kier alpha value is -6.21. The Bertz CT molecular complexity index is 2430. The monoisotopic (exact) mass is 830 g/mol. The van der Waals surface area contributed by atoms with Crippen LogP contribution in [-0.4, -0.2) is 51.2 Å². The van der Waals surface area contributed by atoms with Gasteiger partial charge < -0.3 is 38.0 Å². The van der Waals surface area contributed by atoms with Gasteiger partial charge in [-0.2, -0.15) is 10.5 Å². The molecule has 57 heavy (non-hydrogen) atoms. The molecular weight excluding hydrogens is 799 g/mol. The fourth-order valence-electron chi connectivity index (χ4n) is 5.48. The number of aliphatic hydroxyl groups excluding tert-OH is 2. The number of anilines is 2. The van der Waals surface area contributed by atoms with Gasteiger partial charge >= 0.3 is 10.4 Å². The van der Waals surface area contributed by atoms with Crippen LogP contribution in [-0.2, 0) is 10.4 Å². The van der Waals surface area contributed by atoms with Gasteiger partial charge in [-0.25, -0.2) is 0 Å². The zero-order valence-electron chi connectivity index (χ0n) is 30.4. The molecule has 0 saturated carbocycles. The summed E-state index contributed by atoms with van der Waals surface area (Å²) in [6, 6.07) is 20.3. The molecule has 6 aromatic rings. The number of hydrogen-bond acceptors (Lipinski definition) is 16. The highest BCUT2D eigenvalue weighted by Gasteiger charge is 2.27. The Balaban J connectivity index is 1.08. The summed E-state index contributed by atoms with van der Waals surface area (Å²) in [4.78, 5) is 0. The van der Waals surface area contributed by atoms with Gasteiger partial charge in [0.2, 0.25) is 23.6 Å². The van der Waals surface area contributed by atoms with Gasteiger partial charge in [-0.15, -0.1) is 28.8 Å². The van der Waals surface area contributed by atoms with Crippen molar-refractivity contribution in [1.29, 1.82) is 10.5 Å². The van der Waals surface area contributed by atoms with Crippen LogP contribution in [0.2, 0.25) is 10.0 Å². The molecule has 0 radical (unpaired) electrons. The molecule has 0 aliphatic heterocycles. The lowest BCUT2D eigenvalue weighted by Gasteiger charge is -2.21. The van der Waals surface area contributed by atoms with Crippen molar-refractivity contribution in [1.82, 2.24) is 20.4 Å². The third kappa shape index (κ3) is 9.10. The molecule has 0 fully saturated rings. The van der Waals surface area contributed by atoms with Crippen LogP contribution in [0, 0.1) is 36.5 Å². The molecular formula is C38H32Cl2N8O8S. The highest BCUT2D eigenvalue weighted by Crippen LogP contribution is 2.34. The van der Waals surface area contributed by atoms with Crippen molar-refractivity contribution in [2.45, 2.75) is 52.0 Å². The average Bonchev–Trinajstić information content (AvgIpc) is 3.87. The number of aliphatic hydroxyl groups is 2. The molecule has 19 heteroatoms.